The van der Waals surface area contributed by atoms with Crippen LogP contribution >= 0.6 is 11.3 Å². The van der Waals surface area contributed by atoms with Gasteiger partial charge in [0, 0.05) is 15.5 Å². The minimum atomic E-state index is 0.565. The van der Waals surface area contributed by atoms with E-state index in [1.807, 2.05) is 42.5 Å². The highest BCUT2D eigenvalue weighted by atomic mass is 32.1. The van der Waals surface area contributed by atoms with Crippen LogP contribution in [0.15, 0.2) is 78.2 Å². The number of rotatable bonds is 5. The molecule has 1 heterocycles. The van der Waals surface area contributed by atoms with Crippen LogP contribution in [0, 0.1) is 6.92 Å². The van der Waals surface area contributed by atoms with E-state index in [1.165, 1.54) is 10.3 Å². The quantitative estimate of drug-likeness (QED) is 0.406. The van der Waals surface area contributed by atoms with Gasteiger partial charge in [-0.15, -0.1) is 11.3 Å². The minimum Gasteiger partial charge on any atom is -0.489 e. The van der Waals surface area contributed by atoms with E-state index >= 15 is 0 Å². The normalized spacial score (nSPS) is 10.8. The van der Waals surface area contributed by atoms with Gasteiger partial charge >= 0.3 is 0 Å². The van der Waals surface area contributed by atoms with E-state index in [0.717, 1.165) is 28.2 Å². The third-order valence-corrected chi connectivity index (χ3v) is 4.92. The summed E-state index contributed by atoms with van der Waals surface area (Å²) in [6, 6.07) is 24.3. The van der Waals surface area contributed by atoms with E-state index in [0.29, 0.717) is 6.61 Å². The second kappa shape index (κ2) is 6.99. The van der Waals surface area contributed by atoms with Gasteiger partial charge in [0.1, 0.15) is 23.9 Å². The molecule has 0 unspecified atom stereocenters. The number of fused-ring (bicyclic) bond motifs is 1. The number of aryl methyl sites for hydroxylation is 1. The monoisotopic (exact) mass is 346 g/mol. The average molecular weight is 346 g/mol. The molecule has 0 fully saturated rings. The predicted octanol–water partition coefficient (Wildman–Crippen LogP) is 6.58. The molecule has 0 saturated carbocycles. The summed E-state index contributed by atoms with van der Waals surface area (Å²) in [5.74, 6) is 2.55. The van der Waals surface area contributed by atoms with Crippen molar-refractivity contribution in [3.05, 3.63) is 89.3 Å². The van der Waals surface area contributed by atoms with E-state index in [1.54, 1.807) is 11.3 Å². The first-order valence-corrected chi connectivity index (χ1v) is 9.08. The molecule has 0 N–H and O–H groups in total. The Labute approximate surface area is 151 Å². The van der Waals surface area contributed by atoms with Crippen molar-refractivity contribution in [1.82, 2.24) is 0 Å². The molecular weight excluding hydrogens is 328 g/mol. The van der Waals surface area contributed by atoms with Crippen LogP contribution in [-0.4, -0.2) is 0 Å². The van der Waals surface area contributed by atoms with Gasteiger partial charge in [-0.25, -0.2) is 0 Å². The first-order chi connectivity index (χ1) is 12.3. The van der Waals surface area contributed by atoms with Gasteiger partial charge in [0.15, 0.2) is 0 Å². The smallest absolute Gasteiger partial charge is 0.145 e. The standard InChI is InChI=1S/C22H18O2S/c1-16-7-12-20-21(15-25-22(20)13-16)24-19-10-8-18(9-11-19)23-14-17-5-3-2-4-6-17/h2-13,15H,14H2,1H3. The van der Waals surface area contributed by atoms with Crippen molar-refractivity contribution >= 4 is 21.4 Å². The van der Waals surface area contributed by atoms with Crippen molar-refractivity contribution in [1.29, 1.82) is 0 Å². The summed E-state index contributed by atoms with van der Waals surface area (Å²) in [6.45, 7) is 2.67. The van der Waals surface area contributed by atoms with E-state index in [2.05, 4.69) is 42.6 Å². The summed E-state index contributed by atoms with van der Waals surface area (Å²) in [5.41, 5.74) is 2.42. The lowest BCUT2D eigenvalue weighted by atomic mass is 10.2. The highest BCUT2D eigenvalue weighted by Crippen LogP contribution is 2.36. The molecule has 3 heteroatoms. The molecule has 4 aromatic rings. The summed E-state index contributed by atoms with van der Waals surface area (Å²) < 4.78 is 13.1. The summed E-state index contributed by atoms with van der Waals surface area (Å²) in [7, 11) is 0. The molecule has 4 rings (SSSR count). The molecule has 124 valence electrons. The molecule has 3 aromatic carbocycles. The van der Waals surface area contributed by atoms with Gasteiger partial charge in [0.05, 0.1) is 0 Å². The highest BCUT2D eigenvalue weighted by Gasteiger charge is 2.07. The summed E-state index contributed by atoms with van der Waals surface area (Å²) in [6.07, 6.45) is 0. The topological polar surface area (TPSA) is 18.5 Å². The van der Waals surface area contributed by atoms with Crippen molar-refractivity contribution < 1.29 is 9.47 Å². The maximum absolute atomic E-state index is 6.04. The second-order valence-electron chi connectivity index (χ2n) is 5.95. The molecule has 0 spiro atoms. The van der Waals surface area contributed by atoms with Crippen molar-refractivity contribution in [3.63, 3.8) is 0 Å². The lowest BCUT2D eigenvalue weighted by Crippen LogP contribution is -1.94. The first-order valence-electron chi connectivity index (χ1n) is 8.20. The molecule has 2 nitrogen and oxygen atoms in total. The SMILES string of the molecule is Cc1ccc2c(Oc3ccc(OCc4ccccc4)cc3)csc2c1. The lowest BCUT2D eigenvalue weighted by molar-refractivity contribution is 0.306. The van der Waals surface area contributed by atoms with Gasteiger partial charge in [-0.05, 0) is 54.4 Å². The molecule has 0 amide bonds. The molecule has 0 aliphatic heterocycles. The molecule has 0 radical (unpaired) electrons. The molecular formula is C22H18O2S. The van der Waals surface area contributed by atoms with Crippen molar-refractivity contribution in [3.8, 4) is 17.2 Å². The molecule has 0 bridgehead atoms. The zero-order valence-electron chi connectivity index (χ0n) is 13.9. The van der Waals surface area contributed by atoms with E-state index < -0.39 is 0 Å². The Morgan fingerprint density at radius 3 is 2.40 bits per heavy atom. The largest absolute Gasteiger partial charge is 0.489 e. The van der Waals surface area contributed by atoms with Gasteiger partial charge < -0.3 is 9.47 Å². The fourth-order valence-corrected chi connectivity index (χ4v) is 3.62. The van der Waals surface area contributed by atoms with E-state index in [4.69, 9.17) is 9.47 Å². The van der Waals surface area contributed by atoms with Crippen LogP contribution in [0.1, 0.15) is 11.1 Å². The third-order valence-electron chi connectivity index (χ3n) is 4.00. The Morgan fingerprint density at radius 1 is 0.840 bits per heavy atom. The molecule has 0 aliphatic carbocycles. The molecule has 1 aromatic heterocycles. The van der Waals surface area contributed by atoms with Crippen molar-refractivity contribution in [2.45, 2.75) is 13.5 Å². The fourth-order valence-electron chi connectivity index (χ4n) is 2.66. The molecule has 0 aliphatic rings. The highest BCUT2D eigenvalue weighted by molar-refractivity contribution is 7.17. The Bertz CT molecular complexity index is 972. The zero-order chi connectivity index (χ0) is 17.1. The van der Waals surface area contributed by atoms with Crippen molar-refractivity contribution in [2.75, 3.05) is 0 Å². The predicted molar refractivity (Wildman–Crippen MR) is 104 cm³/mol. The lowest BCUT2D eigenvalue weighted by Gasteiger charge is -2.08. The van der Waals surface area contributed by atoms with Gasteiger partial charge in [-0.3, -0.25) is 0 Å². The van der Waals surface area contributed by atoms with E-state index in [-0.39, 0.29) is 0 Å². The number of benzene rings is 3. The van der Waals surface area contributed by atoms with Gasteiger partial charge in [0.2, 0.25) is 0 Å². The average Bonchev–Trinajstić information content (AvgIpc) is 3.04. The number of hydrogen-bond donors (Lipinski definition) is 0. The number of hydrogen-bond acceptors (Lipinski definition) is 3. The number of ether oxygens (including phenoxy) is 2. The van der Waals surface area contributed by atoms with Crippen LogP contribution in [-0.2, 0) is 6.61 Å². The Balaban J connectivity index is 1.44. The maximum Gasteiger partial charge on any atom is 0.145 e. The third kappa shape index (κ3) is 3.67. The van der Waals surface area contributed by atoms with Crippen LogP contribution in [0.2, 0.25) is 0 Å². The first kappa shape index (κ1) is 15.7. The maximum atomic E-state index is 6.04. The Kier molecular flexibility index (Phi) is 4.40. The van der Waals surface area contributed by atoms with Crippen LogP contribution in [0.25, 0.3) is 10.1 Å². The Morgan fingerprint density at radius 2 is 1.60 bits per heavy atom. The summed E-state index contributed by atoms with van der Waals surface area (Å²) in [5, 5.41) is 3.21. The molecule has 0 atom stereocenters. The molecule has 0 saturated heterocycles. The van der Waals surface area contributed by atoms with Crippen LogP contribution in [0.3, 0.4) is 0 Å². The van der Waals surface area contributed by atoms with Crippen LogP contribution in [0.5, 0.6) is 17.2 Å². The van der Waals surface area contributed by atoms with Gasteiger partial charge in [0.25, 0.3) is 0 Å². The Hall–Kier alpha value is -2.78. The minimum absolute atomic E-state index is 0.565. The van der Waals surface area contributed by atoms with Crippen LogP contribution < -0.4 is 9.47 Å². The van der Waals surface area contributed by atoms with Crippen molar-refractivity contribution in [2.24, 2.45) is 0 Å². The van der Waals surface area contributed by atoms with E-state index in [9.17, 15) is 0 Å². The van der Waals surface area contributed by atoms with Gasteiger partial charge in [-0.1, -0.05) is 36.4 Å². The fraction of sp³-hybridized carbons (Fsp3) is 0.0909. The second-order valence-corrected chi connectivity index (χ2v) is 6.86. The zero-order valence-corrected chi connectivity index (χ0v) is 14.8. The molecule has 25 heavy (non-hydrogen) atoms. The van der Waals surface area contributed by atoms with Crippen LogP contribution in [0.4, 0.5) is 0 Å². The summed E-state index contributed by atoms with van der Waals surface area (Å²) >= 11 is 1.71. The number of thiophene rings is 1. The summed E-state index contributed by atoms with van der Waals surface area (Å²) in [4.78, 5) is 0. The van der Waals surface area contributed by atoms with Gasteiger partial charge in [-0.2, -0.15) is 0 Å².